The van der Waals surface area contributed by atoms with Gasteiger partial charge >= 0.3 is 0 Å². The summed E-state index contributed by atoms with van der Waals surface area (Å²) in [7, 11) is 0.368. The SMILES string of the molecule is COCC(CO)NS(=O)(=O)c1cc(OC)ccc1OC. The average molecular weight is 305 g/mol. The molecular weight excluding hydrogens is 286 g/mol. The first-order valence-electron chi connectivity index (χ1n) is 5.82. The van der Waals surface area contributed by atoms with Crippen LogP contribution in [0.4, 0.5) is 0 Å². The van der Waals surface area contributed by atoms with Crippen molar-refractivity contribution >= 4 is 10.0 Å². The van der Waals surface area contributed by atoms with E-state index < -0.39 is 16.1 Å². The third kappa shape index (κ3) is 4.07. The van der Waals surface area contributed by atoms with Gasteiger partial charge in [0.15, 0.2) is 0 Å². The normalized spacial score (nSPS) is 13.0. The Labute approximate surface area is 118 Å². The smallest absolute Gasteiger partial charge is 0.244 e. The third-order valence-electron chi connectivity index (χ3n) is 2.57. The Morgan fingerprint density at radius 3 is 2.45 bits per heavy atom. The van der Waals surface area contributed by atoms with E-state index in [0.29, 0.717) is 5.75 Å². The van der Waals surface area contributed by atoms with Crippen molar-refractivity contribution in [3.63, 3.8) is 0 Å². The lowest BCUT2D eigenvalue weighted by Crippen LogP contribution is -2.40. The Balaban J connectivity index is 3.13. The van der Waals surface area contributed by atoms with Crippen molar-refractivity contribution in [1.29, 1.82) is 0 Å². The Morgan fingerprint density at radius 2 is 1.95 bits per heavy atom. The van der Waals surface area contributed by atoms with E-state index in [2.05, 4.69) is 4.72 Å². The molecule has 0 aliphatic rings. The lowest BCUT2D eigenvalue weighted by Gasteiger charge is -2.17. The molecule has 8 heteroatoms. The van der Waals surface area contributed by atoms with Gasteiger partial charge in [-0.3, -0.25) is 0 Å². The largest absolute Gasteiger partial charge is 0.497 e. The third-order valence-corrected chi connectivity index (χ3v) is 4.11. The Bertz CT molecular complexity index is 531. The molecule has 0 bridgehead atoms. The molecule has 0 fully saturated rings. The van der Waals surface area contributed by atoms with Crippen LogP contribution in [0.2, 0.25) is 0 Å². The van der Waals surface area contributed by atoms with Gasteiger partial charge in [-0.1, -0.05) is 0 Å². The van der Waals surface area contributed by atoms with Crippen molar-refractivity contribution in [2.24, 2.45) is 0 Å². The van der Waals surface area contributed by atoms with Gasteiger partial charge in [0.2, 0.25) is 10.0 Å². The highest BCUT2D eigenvalue weighted by atomic mass is 32.2. The van der Waals surface area contributed by atoms with E-state index in [9.17, 15) is 8.42 Å². The number of nitrogens with one attached hydrogen (secondary N) is 1. The van der Waals surface area contributed by atoms with Crippen molar-refractivity contribution in [3.05, 3.63) is 18.2 Å². The van der Waals surface area contributed by atoms with Gasteiger partial charge in [0.1, 0.15) is 16.4 Å². The van der Waals surface area contributed by atoms with E-state index in [1.807, 2.05) is 0 Å². The van der Waals surface area contributed by atoms with Crippen LogP contribution in [0.15, 0.2) is 23.1 Å². The van der Waals surface area contributed by atoms with Gasteiger partial charge in [-0.05, 0) is 12.1 Å². The molecule has 0 heterocycles. The zero-order valence-electron chi connectivity index (χ0n) is 11.6. The van der Waals surface area contributed by atoms with Crippen LogP contribution in [-0.4, -0.2) is 54.1 Å². The van der Waals surface area contributed by atoms with Crippen LogP contribution in [-0.2, 0) is 14.8 Å². The summed E-state index contributed by atoms with van der Waals surface area (Å²) in [5.41, 5.74) is 0. The van der Waals surface area contributed by atoms with Crippen LogP contribution in [0.1, 0.15) is 0 Å². The molecule has 0 amide bonds. The van der Waals surface area contributed by atoms with Gasteiger partial charge in [0.25, 0.3) is 0 Å². The number of hydrogen-bond donors (Lipinski definition) is 2. The summed E-state index contributed by atoms with van der Waals surface area (Å²) in [6.45, 7) is -0.318. The fraction of sp³-hybridized carbons (Fsp3) is 0.500. The van der Waals surface area contributed by atoms with E-state index in [1.54, 1.807) is 6.07 Å². The van der Waals surface area contributed by atoms with Crippen LogP contribution in [0.5, 0.6) is 11.5 Å². The number of rotatable bonds is 8. The highest BCUT2D eigenvalue weighted by Crippen LogP contribution is 2.28. The van der Waals surface area contributed by atoms with E-state index in [4.69, 9.17) is 19.3 Å². The van der Waals surface area contributed by atoms with Gasteiger partial charge in [-0.15, -0.1) is 0 Å². The number of sulfonamides is 1. The molecule has 0 aromatic heterocycles. The standard InChI is InChI=1S/C12H19NO6S/c1-17-8-9(7-14)13-20(15,16)12-6-10(18-2)4-5-11(12)19-3/h4-6,9,13-14H,7-8H2,1-3H3. The molecule has 0 saturated heterocycles. The highest BCUT2D eigenvalue weighted by Gasteiger charge is 2.24. The minimum atomic E-state index is -3.86. The predicted molar refractivity (Wildman–Crippen MR) is 72.6 cm³/mol. The first-order valence-corrected chi connectivity index (χ1v) is 7.31. The van der Waals surface area contributed by atoms with Gasteiger partial charge in [0.05, 0.1) is 33.5 Å². The number of ether oxygens (including phenoxy) is 3. The van der Waals surface area contributed by atoms with Crippen molar-refractivity contribution in [1.82, 2.24) is 4.72 Å². The van der Waals surface area contributed by atoms with Gasteiger partial charge < -0.3 is 19.3 Å². The molecule has 2 N–H and O–H groups in total. The maximum atomic E-state index is 12.3. The molecule has 0 aliphatic heterocycles. The topological polar surface area (TPSA) is 94.1 Å². The fourth-order valence-electron chi connectivity index (χ4n) is 1.60. The van der Waals surface area contributed by atoms with Crippen molar-refractivity contribution < 1.29 is 27.7 Å². The number of hydrogen-bond acceptors (Lipinski definition) is 6. The van der Waals surface area contributed by atoms with Gasteiger partial charge in [-0.25, -0.2) is 13.1 Å². The van der Waals surface area contributed by atoms with Crippen molar-refractivity contribution in [2.75, 3.05) is 34.5 Å². The molecule has 1 aromatic carbocycles. The van der Waals surface area contributed by atoms with Crippen LogP contribution in [0.3, 0.4) is 0 Å². The van der Waals surface area contributed by atoms with Crippen LogP contribution in [0, 0.1) is 0 Å². The Hall–Kier alpha value is -1.35. The van der Waals surface area contributed by atoms with E-state index in [0.717, 1.165) is 0 Å². The lowest BCUT2D eigenvalue weighted by atomic mass is 10.3. The van der Waals surface area contributed by atoms with E-state index in [-0.39, 0.29) is 23.9 Å². The minimum absolute atomic E-state index is 0.0576. The van der Waals surface area contributed by atoms with E-state index in [1.165, 1.54) is 33.5 Å². The summed E-state index contributed by atoms with van der Waals surface area (Å²) < 4.78 is 41.8. The molecule has 0 saturated carbocycles. The predicted octanol–water partition coefficient (Wildman–Crippen LogP) is -0.0106. The lowest BCUT2D eigenvalue weighted by molar-refractivity contribution is 0.139. The monoisotopic (exact) mass is 305 g/mol. The van der Waals surface area contributed by atoms with E-state index >= 15 is 0 Å². The molecule has 1 rings (SSSR count). The quantitative estimate of drug-likeness (QED) is 0.701. The highest BCUT2D eigenvalue weighted by molar-refractivity contribution is 7.89. The molecule has 0 radical (unpaired) electrons. The second kappa shape index (κ2) is 7.44. The van der Waals surface area contributed by atoms with Gasteiger partial charge in [0, 0.05) is 13.2 Å². The average Bonchev–Trinajstić information content (AvgIpc) is 2.45. The second-order valence-corrected chi connectivity index (χ2v) is 5.66. The molecule has 1 atom stereocenters. The zero-order chi connectivity index (χ0) is 15.2. The molecule has 20 heavy (non-hydrogen) atoms. The Kier molecular flexibility index (Phi) is 6.21. The zero-order valence-corrected chi connectivity index (χ0v) is 12.4. The maximum absolute atomic E-state index is 12.3. The molecule has 7 nitrogen and oxygen atoms in total. The number of aliphatic hydroxyl groups excluding tert-OH is 1. The maximum Gasteiger partial charge on any atom is 0.244 e. The van der Waals surface area contributed by atoms with Crippen molar-refractivity contribution in [3.8, 4) is 11.5 Å². The Morgan fingerprint density at radius 1 is 1.25 bits per heavy atom. The number of methoxy groups -OCH3 is 3. The van der Waals surface area contributed by atoms with Crippen LogP contribution >= 0.6 is 0 Å². The van der Waals surface area contributed by atoms with Crippen LogP contribution < -0.4 is 14.2 Å². The molecule has 0 spiro atoms. The minimum Gasteiger partial charge on any atom is -0.497 e. The fourth-order valence-corrected chi connectivity index (χ4v) is 3.00. The molecule has 1 unspecified atom stereocenters. The summed E-state index contributed by atoms with van der Waals surface area (Å²) in [5, 5.41) is 9.13. The summed E-state index contributed by atoms with van der Waals surface area (Å²) in [6, 6.07) is 3.71. The number of aliphatic hydroxyl groups is 1. The summed E-state index contributed by atoms with van der Waals surface area (Å²) in [5.74, 6) is 0.575. The summed E-state index contributed by atoms with van der Waals surface area (Å²) in [6.07, 6.45) is 0. The first kappa shape index (κ1) is 16.7. The summed E-state index contributed by atoms with van der Waals surface area (Å²) in [4.78, 5) is -0.0612. The molecule has 1 aromatic rings. The van der Waals surface area contributed by atoms with Gasteiger partial charge in [-0.2, -0.15) is 0 Å². The second-order valence-electron chi connectivity index (χ2n) is 3.97. The summed E-state index contributed by atoms with van der Waals surface area (Å²) >= 11 is 0. The molecule has 114 valence electrons. The molecule has 0 aliphatic carbocycles. The van der Waals surface area contributed by atoms with Crippen LogP contribution in [0.25, 0.3) is 0 Å². The van der Waals surface area contributed by atoms with Crippen molar-refractivity contribution in [2.45, 2.75) is 10.9 Å². The number of benzene rings is 1. The molecular formula is C12H19NO6S. The first-order chi connectivity index (χ1) is 9.48.